The van der Waals surface area contributed by atoms with Gasteiger partial charge < -0.3 is 113 Å². The Morgan fingerprint density at radius 1 is 0.211 bits per heavy atom. The Morgan fingerprint density at radius 3 is 0.211 bits per heavy atom. The molecule has 0 aliphatic rings. The second-order valence-electron chi connectivity index (χ2n) is 0. The molecular formula is Cl5F5O5Ta4. The Balaban J connectivity index is 0. The summed E-state index contributed by atoms with van der Waals surface area (Å²) in [4.78, 5) is 0. The SMILES string of the molecule is [Cl-].[Cl-].[Cl-].[Cl-].[Cl-].[F-].[F-].[F-].[F-].[F-].[O-2].[O-2].[O-2].[O-2].[O-2].[Ta+5].[Ta+5].[Ta+5].[Ta+5]. The maximum absolute atomic E-state index is 0. The Bertz CT molecular complexity index is 37.9. The summed E-state index contributed by atoms with van der Waals surface area (Å²) in [6, 6.07) is 0. The first-order chi connectivity index (χ1) is 0. The van der Waals surface area contributed by atoms with E-state index in [1.54, 1.807) is 0 Å². The molecule has 0 aromatic heterocycles. The van der Waals surface area contributed by atoms with Gasteiger partial charge in [-0.1, -0.05) is 0 Å². The van der Waals surface area contributed by atoms with Crippen molar-refractivity contribution >= 4 is 0 Å². The molecule has 0 unspecified atom stereocenters. The monoisotopic (exact) mass is 1070 g/mol. The molecule has 0 aromatic rings. The summed E-state index contributed by atoms with van der Waals surface area (Å²) >= 11 is 0. The molecule has 0 aliphatic carbocycles. The quantitative estimate of drug-likeness (QED) is 0.213. The normalized spacial score (nSPS) is 0. The molecule has 0 fully saturated rings. The Hall–Kier alpha value is 3.86. The zero-order chi connectivity index (χ0) is 0. The summed E-state index contributed by atoms with van der Waals surface area (Å²) in [7, 11) is 0. The van der Waals surface area contributed by atoms with Crippen LogP contribution in [0.25, 0.3) is 0 Å². The standard InChI is InChI=1S/5ClH.5FH.5O.4Ta/h10*1H;;;;;;;;;/q;;;;;;;;;;5*-2;4*+5/p-10. The van der Waals surface area contributed by atoms with Gasteiger partial charge in [-0.25, -0.2) is 0 Å². The molecule has 19 heavy (non-hydrogen) atoms. The molecule has 0 spiro atoms. The van der Waals surface area contributed by atoms with E-state index in [2.05, 4.69) is 0 Å². The summed E-state index contributed by atoms with van der Waals surface area (Å²) in [5.74, 6) is 0. The van der Waals surface area contributed by atoms with Crippen LogP contribution in [0.2, 0.25) is 0 Å². The summed E-state index contributed by atoms with van der Waals surface area (Å²) < 4.78 is 0. The summed E-state index contributed by atoms with van der Waals surface area (Å²) in [6.07, 6.45) is 0. The van der Waals surface area contributed by atoms with Crippen LogP contribution in [-0.2, 0) is 117 Å². The van der Waals surface area contributed by atoms with Crippen LogP contribution in [0.4, 0.5) is 0 Å². The van der Waals surface area contributed by atoms with Gasteiger partial charge in [0.2, 0.25) is 0 Å². The molecule has 0 aromatic carbocycles. The van der Waals surface area contributed by atoms with Gasteiger partial charge in [-0.2, -0.15) is 0 Å². The molecule has 120 valence electrons. The summed E-state index contributed by atoms with van der Waals surface area (Å²) in [6.45, 7) is 0. The van der Waals surface area contributed by atoms with Crippen molar-refractivity contribution in [2.45, 2.75) is 0 Å². The van der Waals surface area contributed by atoms with Crippen LogP contribution in [0, 0.1) is 0 Å². The first kappa shape index (κ1) is 733. The molecule has 0 N–H and O–H groups in total. The molecule has 0 aliphatic heterocycles. The van der Waals surface area contributed by atoms with E-state index in [0.717, 1.165) is 0 Å². The maximum atomic E-state index is 0. The van der Waals surface area contributed by atoms with Gasteiger partial charge in [-0.05, 0) is 0 Å². The molecule has 0 bridgehead atoms. The average Bonchev–Trinajstić information content (AvgIpc) is 0. The fourth-order valence-corrected chi connectivity index (χ4v) is 0. The third-order valence-corrected chi connectivity index (χ3v) is 0. The molecule has 0 atom stereocenters. The molecule has 0 rings (SSSR count). The first-order valence-corrected chi connectivity index (χ1v) is 0. The van der Waals surface area contributed by atoms with Crippen LogP contribution in [0.3, 0.4) is 0 Å². The third kappa shape index (κ3) is 578. The number of halogens is 10. The van der Waals surface area contributed by atoms with Crippen molar-refractivity contribution in [2.24, 2.45) is 0 Å². The van der Waals surface area contributed by atoms with Gasteiger partial charge >= 0.3 is 89.5 Å². The van der Waals surface area contributed by atoms with Crippen molar-refractivity contribution in [3.8, 4) is 0 Å². The van der Waals surface area contributed by atoms with E-state index in [1.165, 1.54) is 0 Å². The number of hydrogen-bond donors (Lipinski definition) is 0. The fraction of sp³-hybridized carbons (Fsp3) is 0. The minimum absolute atomic E-state index is 0. The van der Waals surface area contributed by atoms with Crippen LogP contribution in [0.15, 0.2) is 0 Å². The number of rotatable bonds is 0. The molecule has 0 saturated carbocycles. The van der Waals surface area contributed by atoms with Crippen molar-refractivity contribution in [1.82, 2.24) is 0 Å². The average molecular weight is 1080 g/mol. The van der Waals surface area contributed by atoms with Crippen molar-refractivity contribution in [3.05, 3.63) is 0 Å². The maximum Gasteiger partial charge on any atom is 5.00 e. The Labute approximate surface area is 200 Å². The fourth-order valence-electron chi connectivity index (χ4n) is 0. The van der Waals surface area contributed by atoms with Gasteiger partial charge in [0, 0.05) is 0 Å². The third-order valence-electron chi connectivity index (χ3n) is 0. The summed E-state index contributed by atoms with van der Waals surface area (Å²) in [5, 5.41) is 0. The van der Waals surface area contributed by atoms with Gasteiger partial charge in [0.15, 0.2) is 0 Å². The van der Waals surface area contributed by atoms with Gasteiger partial charge in [0.25, 0.3) is 0 Å². The second-order valence-corrected chi connectivity index (χ2v) is 0. The van der Waals surface area contributed by atoms with Gasteiger partial charge in [-0.15, -0.1) is 0 Å². The summed E-state index contributed by atoms with van der Waals surface area (Å²) in [5.41, 5.74) is 0. The van der Waals surface area contributed by atoms with E-state index in [4.69, 9.17) is 0 Å². The molecule has 0 radical (unpaired) electrons. The van der Waals surface area contributed by atoms with Crippen molar-refractivity contribution < 1.29 is 202 Å². The van der Waals surface area contributed by atoms with Crippen molar-refractivity contribution in [1.29, 1.82) is 0 Å². The minimum Gasteiger partial charge on any atom is -2.00 e. The molecule has 0 heterocycles. The zero-order valence-electron chi connectivity index (χ0n) is 7.61. The van der Waals surface area contributed by atoms with Crippen LogP contribution in [0.5, 0.6) is 0 Å². The topological polar surface area (TPSA) is 142 Å². The second kappa shape index (κ2) is 638. The molecule has 5 nitrogen and oxygen atoms in total. The molecule has 0 saturated heterocycles. The Morgan fingerprint density at radius 2 is 0.211 bits per heavy atom. The van der Waals surface area contributed by atoms with E-state index in [0.29, 0.717) is 0 Å². The Kier molecular flexibility index (Phi) is 24600. The van der Waals surface area contributed by atoms with Crippen molar-refractivity contribution in [2.75, 3.05) is 0 Å². The molecule has 0 amide bonds. The van der Waals surface area contributed by atoms with E-state index in [-0.39, 0.29) is 202 Å². The largest absolute Gasteiger partial charge is 5.00 e. The van der Waals surface area contributed by atoms with Gasteiger partial charge in [0.05, 0.1) is 0 Å². The van der Waals surface area contributed by atoms with Crippen molar-refractivity contribution in [3.63, 3.8) is 0 Å². The van der Waals surface area contributed by atoms with Crippen LogP contribution in [0.1, 0.15) is 0 Å². The smallest absolute Gasteiger partial charge is 2.00 e. The van der Waals surface area contributed by atoms with Crippen LogP contribution in [-0.4, -0.2) is 0 Å². The van der Waals surface area contributed by atoms with Gasteiger partial charge in [-0.3, -0.25) is 0 Å². The number of hydrogen-bond acceptors (Lipinski definition) is 0. The van der Waals surface area contributed by atoms with Gasteiger partial charge in [0.1, 0.15) is 0 Å². The van der Waals surface area contributed by atoms with E-state index in [1.807, 2.05) is 0 Å². The van der Waals surface area contributed by atoms with E-state index >= 15 is 0 Å². The minimum atomic E-state index is 0. The predicted octanol–water partition coefficient (Wildman–Crippen LogP) is -30.6. The predicted molar refractivity (Wildman–Crippen MR) is 3.43 cm³/mol. The van der Waals surface area contributed by atoms with Crippen LogP contribution < -0.4 is 85.6 Å². The van der Waals surface area contributed by atoms with E-state index < -0.39 is 0 Å². The molecule has 19 heteroatoms. The van der Waals surface area contributed by atoms with Crippen LogP contribution >= 0.6 is 0 Å². The zero-order valence-corrected chi connectivity index (χ0v) is 24.2. The molecular weight excluding hydrogens is 1080 g/mol. The first-order valence-electron chi connectivity index (χ1n) is 0. The van der Waals surface area contributed by atoms with E-state index in [9.17, 15) is 0 Å².